The summed E-state index contributed by atoms with van der Waals surface area (Å²) in [6.45, 7) is 0.725. The molecule has 0 spiro atoms. The number of fused-ring (bicyclic) bond motifs is 1. The SMILES string of the molecule is NC(=O)c1nn(C2CCCCO2)c2ccncc12. The van der Waals surface area contributed by atoms with Gasteiger partial charge in [-0.1, -0.05) is 0 Å². The summed E-state index contributed by atoms with van der Waals surface area (Å²) in [5.74, 6) is -0.539. The van der Waals surface area contributed by atoms with Gasteiger partial charge in [0.2, 0.25) is 0 Å². The molecule has 0 saturated carbocycles. The third-order valence-electron chi connectivity index (χ3n) is 3.17. The fourth-order valence-electron chi connectivity index (χ4n) is 2.30. The summed E-state index contributed by atoms with van der Waals surface area (Å²) < 4.78 is 7.44. The van der Waals surface area contributed by atoms with Crippen LogP contribution in [0.5, 0.6) is 0 Å². The maximum absolute atomic E-state index is 11.4. The summed E-state index contributed by atoms with van der Waals surface area (Å²) in [6.07, 6.45) is 6.24. The largest absolute Gasteiger partial charge is 0.364 e. The number of hydrogen-bond donors (Lipinski definition) is 1. The Hall–Kier alpha value is -1.95. The van der Waals surface area contributed by atoms with Gasteiger partial charge in [-0.15, -0.1) is 0 Å². The van der Waals surface area contributed by atoms with Gasteiger partial charge < -0.3 is 10.5 Å². The Morgan fingerprint density at radius 2 is 2.39 bits per heavy atom. The molecule has 2 aromatic heterocycles. The minimum atomic E-state index is -0.539. The molecule has 1 aliphatic heterocycles. The molecule has 2 aromatic rings. The zero-order valence-electron chi connectivity index (χ0n) is 9.87. The molecule has 1 saturated heterocycles. The van der Waals surface area contributed by atoms with E-state index in [2.05, 4.69) is 10.1 Å². The van der Waals surface area contributed by atoms with Crippen molar-refractivity contribution in [1.82, 2.24) is 14.8 Å². The summed E-state index contributed by atoms with van der Waals surface area (Å²) in [7, 11) is 0. The van der Waals surface area contributed by atoms with E-state index in [1.807, 2.05) is 6.07 Å². The molecule has 18 heavy (non-hydrogen) atoms. The van der Waals surface area contributed by atoms with E-state index in [1.54, 1.807) is 17.1 Å². The van der Waals surface area contributed by atoms with Crippen LogP contribution in [0.2, 0.25) is 0 Å². The first-order valence-corrected chi connectivity index (χ1v) is 6.01. The molecule has 1 aliphatic rings. The average molecular weight is 246 g/mol. The summed E-state index contributed by atoms with van der Waals surface area (Å²) in [5.41, 5.74) is 6.43. The van der Waals surface area contributed by atoms with E-state index >= 15 is 0 Å². The van der Waals surface area contributed by atoms with Crippen LogP contribution in [0.4, 0.5) is 0 Å². The monoisotopic (exact) mass is 246 g/mol. The van der Waals surface area contributed by atoms with Crippen molar-refractivity contribution in [1.29, 1.82) is 0 Å². The van der Waals surface area contributed by atoms with Crippen LogP contribution in [0.25, 0.3) is 10.9 Å². The molecule has 94 valence electrons. The Morgan fingerprint density at radius 3 is 3.11 bits per heavy atom. The van der Waals surface area contributed by atoms with E-state index in [-0.39, 0.29) is 11.9 Å². The van der Waals surface area contributed by atoms with Gasteiger partial charge in [-0.2, -0.15) is 5.10 Å². The second-order valence-electron chi connectivity index (χ2n) is 4.37. The van der Waals surface area contributed by atoms with Crippen LogP contribution < -0.4 is 5.73 Å². The lowest BCUT2D eigenvalue weighted by molar-refractivity contribution is -0.0367. The standard InChI is InChI=1S/C12H14N4O2/c13-12(17)11-8-7-14-5-4-9(8)16(15-11)10-3-1-2-6-18-10/h4-5,7,10H,1-3,6H2,(H2,13,17). The van der Waals surface area contributed by atoms with Crippen LogP contribution in [0, 0.1) is 0 Å². The molecule has 2 N–H and O–H groups in total. The number of amides is 1. The van der Waals surface area contributed by atoms with Gasteiger partial charge in [-0.05, 0) is 25.3 Å². The van der Waals surface area contributed by atoms with E-state index in [0.717, 1.165) is 31.4 Å². The van der Waals surface area contributed by atoms with Gasteiger partial charge in [0.05, 0.1) is 10.9 Å². The number of aromatic nitrogens is 3. The number of hydrogen-bond acceptors (Lipinski definition) is 4. The van der Waals surface area contributed by atoms with E-state index in [9.17, 15) is 4.79 Å². The average Bonchev–Trinajstić information content (AvgIpc) is 2.79. The quantitative estimate of drug-likeness (QED) is 0.863. The van der Waals surface area contributed by atoms with Crippen molar-refractivity contribution in [3.05, 3.63) is 24.2 Å². The first-order chi connectivity index (χ1) is 8.77. The highest BCUT2D eigenvalue weighted by atomic mass is 16.5. The van der Waals surface area contributed by atoms with E-state index in [0.29, 0.717) is 5.39 Å². The first-order valence-electron chi connectivity index (χ1n) is 6.01. The number of carbonyl (C=O) groups is 1. The van der Waals surface area contributed by atoms with Crippen LogP contribution in [0.3, 0.4) is 0 Å². The fraction of sp³-hybridized carbons (Fsp3) is 0.417. The van der Waals surface area contributed by atoms with Crippen molar-refractivity contribution in [2.24, 2.45) is 5.73 Å². The molecule has 6 heteroatoms. The maximum atomic E-state index is 11.4. The minimum Gasteiger partial charge on any atom is -0.364 e. The minimum absolute atomic E-state index is 0.114. The third kappa shape index (κ3) is 1.74. The van der Waals surface area contributed by atoms with Crippen molar-refractivity contribution in [2.75, 3.05) is 6.61 Å². The van der Waals surface area contributed by atoms with Crippen molar-refractivity contribution < 1.29 is 9.53 Å². The fourth-order valence-corrected chi connectivity index (χ4v) is 2.30. The predicted molar refractivity (Wildman–Crippen MR) is 64.9 cm³/mol. The Bertz CT molecular complexity index is 587. The van der Waals surface area contributed by atoms with E-state index in [1.165, 1.54) is 0 Å². The molecule has 3 heterocycles. The second-order valence-corrected chi connectivity index (χ2v) is 4.37. The summed E-state index contributed by atoms with van der Waals surface area (Å²) in [6, 6.07) is 1.83. The number of nitrogens with two attached hydrogens (primary N) is 1. The van der Waals surface area contributed by atoms with Gasteiger partial charge in [0.1, 0.15) is 0 Å². The number of rotatable bonds is 2. The molecule has 0 aliphatic carbocycles. The predicted octanol–water partition coefficient (Wildman–Crippen LogP) is 1.23. The Kier molecular flexibility index (Phi) is 2.71. The lowest BCUT2D eigenvalue weighted by atomic mass is 10.2. The van der Waals surface area contributed by atoms with Gasteiger partial charge in [0, 0.05) is 19.0 Å². The normalized spacial score (nSPS) is 20.1. The van der Waals surface area contributed by atoms with Crippen LogP contribution in [-0.2, 0) is 4.74 Å². The highest BCUT2D eigenvalue weighted by Crippen LogP contribution is 2.27. The molecule has 0 aromatic carbocycles. The van der Waals surface area contributed by atoms with Gasteiger partial charge in [-0.25, -0.2) is 4.68 Å². The van der Waals surface area contributed by atoms with Crippen molar-refractivity contribution >= 4 is 16.8 Å². The van der Waals surface area contributed by atoms with Crippen molar-refractivity contribution in [3.8, 4) is 0 Å². The van der Waals surface area contributed by atoms with Gasteiger partial charge in [0.15, 0.2) is 11.9 Å². The highest BCUT2D eigenvalue weighted by molar-refractivity contribution is 6.03. The van der Waals surface area contributed by atoms with Crippen LogP contribution in [0.1, 0.15) is 36.0 Å². The molecule has 1 amide bonds. The Balaban J connectivity index is 2.13. The smallest absolute Gasteiger partial charge is 0.269 e. The Morgan fingerprint density at radius 1 is 1.50 bits per heavy atom. The second kappa shape index (κ2) is 4.38. The van der Waals surface area contributed by atoms with E-state index in [4.69, 9.17) is 10.5 Å². The third-order valence-corrected chi connectivity index (χ3v) is 3.17. The van der Waals surface area contributed by atoms with Gasteiger partial charge in [0.25, 0.3) is 5.91 Å². The molecule has 0 radical (unpaired) electrons. The zero-order chi connectivity index (χ0) is 12.5. The van der Waals surface area contributed by atoms with Crippen molar-refractivity contribution in [3.63, 3.8) is 0 Å². The molecule has 3 rings (SSSR count). The highest BCUT2D eigenvalue weighted by Gasteiger charge is 2.22. The molecule has 1 atom stereocenters. The molecule has 0 bridgehead atoms. The van der Waals surface area contributed by atoms with Crippen molar-refractivity contribution in [2.45, 2.75) is 25.5 Å². The molecule has 1 unspecified atom stereocenters. The molecular formula is C12H14N4O2. The first kappa shape index (κ1) is 11.2. The van der Waals surface area contributed by atoms with Gasteiger partial charge >= 0.3 is 0 Å². The number of ether oxygens (including phenoxy) is 1. The maximum Gasteiger partial charge on any atom is 0.269 e. The number of nitrogens with zero attached hydrogens (tertiary/aromatic N) is 3. The zero-order valence-corrected chi connectivity index (χ0v) is 9.87. The number of carbonyl (C=O) groups excluding carboxylic acids is 1. The lowest BCUT2D eigenvalue weighted by Gasteiger charge is -2.23. The Labute approximate surface area is 104 Å². The van der Waals surface area contributed by atoms with Crippen LogP contribution in [-0.4, -0.2) is 27.3 Å². The summed E-state index contributed by atoms with van der Waals surface area (Å²) in [4.78, 5) is 15.4. The lowest BCUT2D eigenvalue weighted by Crippen LogP contribution is -2.20. The molecular weight excluding hydrogens is 232 g/mol. The number of primary amides is 1. The number of pyridine rings is 1. The van der Waals surface area contributed by atoms with Gasteiger partial charge in [-0.3, -0.25) is 9.78 Å². The topological polar surface area (TPSA) is 83.0 Å². The summed E-state index contributed by atoms with van der Waals surface area (Å²) >= 11 is 0. The summed E-state index contributed by atoms with van der Waals surface area (Å²) in [5, 5.41) is 4.97. The molecule has 6 nitrogen and oxygen atoms in total. The molecule has 1 fully saturated rings. The van der Waals surface area contributed by atoms with Crippen LogP contribution >= 0.6 is 0 Å². The van der Waals surface area contributed by atoms with Crippen LogP contribution in [0.15, 0.2) is 18.5 Å². The van der Waals surface area contributed by atoms with E-state index < -0.39 is 5.91 Å².